The Morgan fingerprint density at radius 1 is 0.966 bits per heavy atom. The highest BCUT2D eigenvalue weighted by atomic mass is 19.4. The molecule has 158 valence electrons. The summed E-state index contributed by atoms with van der Waals surface area (Å²) in [4.78, 5) is 17.1. The maximum atomic E-state index is 13.5. The van der Waals surface area contributed by atoms with Gasteiger partial charge in [-0.25, -0.2) is 0 Å². The van der Waals surface area contributed by atoms with E-state index in [1.165, 1.54) is 19.3 Å². The number of phenolic OH excluding ortho intramolecular Hbond substituents is 1. The number of phenols is 1. The fourth-order valence-electron chi connectivity index (χ4n) is 6.81. The highest BCUT2D eigenvalue weighted by Crippen LogP contribution is 2.60. The van der Waals surface area contributed by atoms with Gasteiger partial charge in [0.2, 0.25) is 5.91 Å². The number of hydrogen-bond acceptors (Lipinski definition) is 3. The average Bonchev–Trinajstić information content (AvgIpc) is 2.66. The number of rotatable bonds is 2. The zero-order valence-electron chi connectivity index (χ0n) is 16.4. The molecular formula is C22H27F3N2O2. The maximum absolute atomic E-state index is 13.5. The second-order valence-corrected chi connectivity index (χ2v) is 9.68. The molecule has 0 spiro atoms. The van der Waals surface area contributed by atoms with Crippen molar-refractivity contribution in [3.63, 3.8) is 0 Å². The summed E-state index contributed by atoms with van der Waals surface area (Å²) < 4.78 is 39.1. The molecular weight excluding hydrogens is 381 g/mol. The van der Waals surface area contributed by atoms with E-state index in [1.54, 1.807) is 4.90 Å². The number of carbonyl (C=O) groups is 1. The Morgan fingerprint density at radius 3 is 2.03 bits per heavy atom. The van der Waals surface area contributed by atoms with Crippen LogP contribution in [0.15, 0.2) is 18.2 Å². The Hall–Kier alpha value is -1.92. The standard InChI is InChI=1S/C22H27F3N2O2/c23-22(24,25)17-1-2-19(28)18(10-17)26-3-5-27(6-4-26)20(29)21-11-14-7-15(12-21)9-16(8-14)13-21/h1-2,10,14-16,28H,3-9,11-13H2. The first kappa shape index (κ1) is 19.1. The highest BCUT2D eigenvalue weighted by Gasteiger charge is 2.55. The van der Waals surface area contributed by atoms with E-state index < -0.39 is 11.7 Å². The first-order valence-electron chi connectivity index (χ1n) is 10.7. The van der Waals surface area contributed by atoms with Gasteiger partial charge in [0.15, 0.2) is 0 Å². The van der Waals surface area contributed by atoms with Crippen LogP contribution in [-0.2, 0) is 11.0 Å². The summed E-state index contributed by atoms with van der Waals surface area (Å²) in [7, 11) is 0. The normalized spacial score (nSPS) is 34.0. The summed E-state index contributed by atoms with van der Waals surface area (Å²) in [5.74, 6) is 2.22. The number of carbonyl (C=O) groups excluding carboxylic acids is 1. The Bertz CT molecular complexity index is 779. The minimum absolute atomic E-state index is 0.154. The molecule has 4 nitrogen and oxygen atoms in total. The minimum Gasteiger partial charge on any atom is -0.506 e. The molecule has 0 aromatic heterocycles. The summed E-state index contributed by atoms with van der Waals surface area (Å²) in [6.45, 7) is 1.87. The number of alkyl halides is 3. The van der Waals surface area contributed by atoms with Crippen LogP contribution in [0.2, 0.25) is 0 Å². The van der Waals surface area contributed by atoms with E-state index >= 15 is 0 Å². The van der Waals surface area contributed by atoms with Gasteiger partial charge in [-0.05, 0) is 74.5 Å². The van der Waals surface area contributed by atoms with Gasteiger partial charge in [0, 0.05) is 26.2 Å². The molecule has 0 unspecified atom stereocenters. The topological polar surface area (TPSA) is 43.8 Å². The molecule has 1 aromatic rings. The van der Waals surface area contributed by atoms with Crippen LogP contribution < -0.4 is 4.90 Å². The van der Waals surface area contributed by atoms with Crippen molar-refractivity contribution in [2.45, 2.75) is 44.7 Å². The highest BCUT2D eigenvalue weighted by molar-refractivity contribution is 5.83. The number of aromatic hydroxyl groups is 1. The lowest BCUT2D eigenvalue weighted by molar-refractivity contribution is -0.158. The van der Waals surface area contributed by atoms with E-state index in [1.807, 2.05) is 4.90 Å². The maximum Gasteiger partial charge on any atom is 0.416 e. The smallest absolute Gasteiger partial charge is 0.416 e. The molecule has 1 aliphatic heterocycles. The Kier molecular flexibility index (Phi) is 4.30. The van der Waals surface area contributed by atoms with Gasteiger partial charge in [0.05, 0.1) is 16.7 Å². The van der Waals surface area contributed by atoms with Crippen molar-refractivity contribution in [3.8, 4) is 5.75 Å². The van der Waals surface area contributed by atoms with Gasteiger partial charge in [-0.3, -0.25) is 4.79 Å². The number of halogens is 3. The molecule has 6 rings (SSSR count). The molecule has 4 bridgehead atoms. The number of amides is 1. The monoisotopic (exact) mass is 408 g/mol. The van der Waals surface area contributed by atoms with E-state index in [4.69, 9.17) is 0 Å². The van der Waals surface area contributed by atoms with Crippen molar-refractivity contribution in [2.75, 3.05) is 31.1 Å². The average molecular weight is 408 g/mol. The molecule has 4 aliphatic carbocycles. The molecule has 29 heavy (non-hydrogen) atoms. The number of benzene rings is 1. The van der Waals surface area contributed by atoms with Gasteiger partial charge in [-0.2, -0.15) is 13.2 Å². The van der Waals surface area contributed by atoms with Gasteiger partial charge in [0.1, 0.15) is 5.75 Å². The Balaban J connectivity index is 1.28. The van der Waals surface area contributed by atoms with Crippen LogP contribution in [0.3, 0.4) is 0 Å². The molecule has 1 N–H and O–H groups in total. The van der Waals surface area contributed by atoms with Crippen LogP contribution in [0, 0.1) is 23.2 Å². The van der Waals surface area contributed by atoms with E-state index in [2.05, 4.69) is 0 Å². The van der Waals surface area contributed by atoms with Crippen molar-refractivity contribution in [2.24, 2.45) is 23.2 Å². The van der Waals surface area contributed by atoms with Crippen LogP contribution in [-0.4, -0.2) is 42.1 Å². The van der Waals surface area contributed by atoms with Crippen LogP contribution in [0.5, 0.6) is 5.75 Å². The predicted molar refractivity (Wildman–Crippen MR) is 103 cm³/mol. The van der Waals surface area contributed by atoms with Crippen LogP contribution in [0.25, 0.3) is 0 Å². The number of anilines is 1. The third-order valence-corrected chi connectivity index (χ3v) is 7.70. The van der Waals surface area contributed by atoms with E-state index in [9.17, 15) is 23.1 Å². The van der Waals surface area contributed by atoms with E-state index in [0.29, 0.717) is 43.9 Å². The molecule has 1 heterocycles. The first-order valence-corrected chi connectivity index (χ1v) is 10.7. The fourth-order valence-corrected chi connectivity index (χ4v) is 6.81. The van der Waals surface area contributed by atoms with Crippen molar-refractivity contribution < 1.29 is 23.1 Å². The van der Waals surface area contributed by atoms with Crippen molar-refractivity contribution >= 4 is 11.6 Å². The zero-order valence-corrected chi connectivity index (χ0v) is 16.4. The van der Waals surface area contributed by atoms with Crippen LogP contribution in [0.1, 0.15) is 44.1 Å². The van der Waals surface area contributed by atoms with Gasteiger partial charge < -0.3 is 14.9 Å². The fraction of sp³-hybridized carbons (Fsp3) is 0.682. The third-order valence-electron chi connectivity index (χ3n) is 7.70. The second kappa shape index (κ2) is 6.54. The molecule has 0 radical (unpaired) electrons. The molecule has 1 aromatic carbocycles. The lowest BCUT2D eigenvalue weighted by atomic mass is 9.49. The minimum atomic E-state index is -4.45. The van der Waals surface area contributed by atoms with Gasteiger partial charge in [-0.15, -0.1) is 0 Å². The van der Waals surface area contributed by atoms with Gasteiger partial charge >= 0.3 is 6.18 Å². The van der Waals surface area contributed by atoms with Crippen LogP contribution in [0.4, 0.5) is 18.9 Å². The molecule has 5 aliphatic rings. The van der Waals surface area contributed by atoms with Gasteiger partial charge in [0.25, 0.3) is 0 Å². The van der Waals surface area contributed by atoms with Crippen molar-refractivity contribution in [1.29, 1.82) is 0 Å². The number of hydrogen-bond donors (Lipinski definition) is 1. The predicted octanol–water partition coefficient (Wildman–Crippen LogP) is 4.28. The number of piperazine rings is 1. The summed E-state index contributed by atoms with van der Waals surface area (Å²) in [6.07, 6.45) is 2.48. The second-order valence-electron chi connectivity index (χ2n) is 9.68. The van der Waals surface area contributed by atoms with Gasteiger partial charge in [-0.1, -0.05) is 0 Å². The third kappa shape index (κ3) is 3.26. The molecule has 1 amide bonds. The SMILES string of the molecule is O=C(N1CCN(c2cc(C(F)(F)F)ccc2O)CC1)C12CC3CC(CC(C3)C1)C2. The molecule has 0 atom stereocenters. The summed E-state index contributed by atoms with van der Waals surface area (Å²) >= 11 is 0. The summed E-state index contributed by atoms with van der Waals surface area (Å²) in [5, 5.41) is 10.1. The van der Waals surface area contributed by atoms with Crippen LogP contribution >= 0.6 is 0 Å². The first-order chi connectivity index (χ1) is 13.7. The molecule has 4 saturated carbocycles. The van der Waals surface area contributed by atoms with E-state index in [0.717, 1.165) is 37.5 Å². The van der Waals surface area contributed by atoms with E-state index in [-0.39, 0.29) is 22.8 Å². The number of nitrogens with zero attached hydrogens (tertiary/aromatic N) is 2. The molecule has 5 fully saturated rings. The Morgan fingerprint density at radius 2 is 1.52 bits per heavy atom. The summed E-state index contributed by atoms with van der Waals surface area (Å²) in [6, 6.07) is 3.00. The quantitative estimate of drug-likeness (QED) is 0.795. The lowest BCUT2D eigenvalue weighted by Crippen LogP contribution is -2.58. The van der Waals surface area contributed by atoms with Crippen molar-refractivity contribution in [3.05, 3.63) is 23.8 Å². The molecule has 1 saturated heterocycles. The summed E-state index contributed by atoms with van der Waals surface area (Å²) in [5.41, 5.74) is -0.756. The Labute approximate surface area is 168 Å². The molecule has 7 heteroatoms. The zero-order chi connectivity index (χ0) is 20.4. The largest absolute Gasteiger partial charge is 0.506 e. The lowest BCUT2D eigenvalue weighted by Gasteiger charge is -2.57. The van der Waals surface area contributed by atoms with Crippen molar-refractivity contribution in [1.82, 2.24) is 4.90 Å².